The summed E-state index contributed by atoms with van der Waals surface area (Å²) in [6.07, 6.45) is 2.39. The molecule has 1 aliphatic heterocycles. The number of ether oxygens (including phenoxy) is 1. The van der Waals surface area contributed by atoms with Crippen molar-refractivity contribution >= 4 is 16.0 Å². The molecule has 1 fully saturated rings. The van der Waals surface area contributed by atoms with E-state index in [0.717, 1.165) is 6.42 Å². The fourth-order valence-electron chi connectivity index (χ4n) is 2.61. The van der Waals surface area contributed by atoms with Crippen LogP contribution in [0.1, 0.15) is 32.6 Å². The summed E-state index contributed by atoms with van der Waals surface area (Å²) < 4.78 is 30.3. The number of sulfonamides is 1. The summed E-state index contributed by atoms with van der Waals surface area (Å²) in [5, 5.41) is 9.43. The van der Waals surface area contributed by atoms with Crippen LogP contribution in [0.4, 0.5) is 0 Å². The Morgan fingerprint density at radius 2 is 2.16 bits per heavy atom. The first-order valence-corrected chi connectivity index (χ1v) is 8.19. The second-order valence-corrected chi connectivity index (χ2v) is 7.17. The number of hydrogen-bond acceptors (Lipinski definition) is 4. The molecule has 19 heavy (non-hydrogen) atoms. The largest absolute Gasteiger partial charge is 0.481 e. The summed E-state index contributed by atoms with van der Waals surface area (Å²) in [5.41, 5.74) is -0.923. The number of carboxylic acid groups (broad SMARTS) is 1. The van der Waals surface area contributed by atoms with Gasteiger partial charge < -0.3 is 9.84 Å². The maximum Gasteiger partial charge on any atom is 0.310 e. The highest BCUT2D eigenvalue weighted by Gasteiger charge is 2.44. The van der Waals surface area contributed by atoms with Gasteiger partial charge in [0.2, 0.25) is 10.0 Å². The van der Waals surface area contributed by atoms with E-state index in [1.807, 2.05) is 6.92 Å². The Labute approximate surface area is 114 Å². The lowest BCUT2D eigenvalue weighted by molar-refractivity contribution is -0.151. The van der Waals surface area contributed by atoms with Crippen LogP contribution in [0.3, 0.4) is 0 Å². The van der Waals surface area contributed by atoms with Gasteiger partial charge in [0.15, 0.2) is 0 Å². The molecule has 0 bridgehead atoms. The lowest BCUT2D eigenvalue weighted by atomic mass is 9.77. The maximum atomic E-state index is 12.1. The molecule has 1 aliphatic rings. The summed E-state index contributed by atoms with van der Waals surface area (Å²) in [4.78, 5) is 11.5. The normalized spacial score (nSPS) is 25.4. The minimum atomic E-state index is -3.42. The van der Waals surface area contributed by atoms with E-state index < -0.39 is 21.4 Å². The number of methoxy groups -OCH3 is 1. The molecule has 1 N–H and O–H groups in total. The molecule has 0 spiro atoms. The number of piperidine rings is 1. The zero-order valence-corrected chi connectivity index (χ0v) is 12.4. The van der Waals surface area contributed by atoms with E-state index in [1.165, 1.54) is 11.4 Å². The van der Waals surface area contributed by atoms with E-state index in [0.29, 0.717) is 25.8 Å². The minimum Gasteiger partial charge on any atom is -0.481 e. The van der Waals surface area contributed by atoms with E-state index >= 15 is 0 Å². The van der Waals surface area contributed by atoms with Crippen LogP contribution in [0.25, 0.3) is 0 Å². The Balaban J connectivity index is 2.85. The molecule has 0 amide bonds. The van der Waals surface area contributed by atoms with Gasteiger partial charge in [-0.1, -0.05) is 13.3 Å². The standard InChI is InChI=1S/C12H23NO5S/c1-3-5-12(11(14)15)6-4-7-13(10-12)19(16,17)9-8-18-2/h3-10H2,1-2H3,(H,14,15). The minimum absolute atomic E-state index is 0.0855. The van der Waals surface area contributed by atoms with Gasteiger partial charge in [-0.3, -0.25) is 4.79 Å². The van der Waals surface area contributed by atoms with Crippen molar-refractivity contribution < 1.29 is 23.1 Å². The average molecular weight is 293 g/mol. The van der Waals surface area contributed by atoms with Crippen LogP contribution in [0.15, 0.2) is 0 Å². The molecular weight excluding hydrogens is 270 g/mol. The van der Waals surface area contributed by atoms with E-state index in [9.17, 15) is 18.3 Å². The van der Waals surface area contributed by atoms with Crippen LogP contribution >= 0.6 is 0 Å². The molecule has 1 saturated heterocycles. The predicted molar refractivity (Wildman–Crippen MR) is 71.4 cm³/mol. The summed E-state index contributed by atoms with van der Waals surface area (Å²) in [6, 6.07) is 0. The molecule has 0 aromatic rings. The van der Waals surface area contributed by atoms with E-state index in [4.69, 9.17) is 4.74 Å². The van der Waals surface area contributed by atoms with Crippen LogP contribution in [0, 0.1) is 5.41 Å². The molecule has 0 aromatic heterocycles. The third-order valence-corrected chi connectivity index (χ3v) is 5.44. The van der Waals surface area contributed by atoms with Gasteiger partial charge >= 0.3 is 5.97 Å². The third-order valence-electron chi connectivity index (χ3n) is 3.66. The smallest absolute Gasteiger partial charge is 0.310 e. The first-order chi connectivity index (χ1) is 8.88. The summed E-state index contributed by atoms with van der Waals surface area (Å²) in [7, 11) is -1.97. The Morgan fingerprint density at radius 1 is 1.47 bits per heavy atom. The second-order valence-electron chi connectivity index (χ2n) is 5.08. The van der Waals surface area contributed by atoms with Crippen LogP contribution in [-0.4, -0.2) is 56.4 Å². The molecule has 0 radical (unpaired) electrons. The van der Waals surface area contributed by atoms with E-state index in [2.05, 4.69) is 0 Å². The zero-order valence-electron chi connectivity index (χ0n) is 11.6. The van der Waals surface area contributed by atoms with Crippen molar-refractivity contribution in [2.24, 2.45) is 5.41 Å². The van der Waals surface area contributed by atoms with Crippen LogP contribution in [0.5, 0.6) is 0 Å². The Bertz CT molecular complexity index is 404. The number of hydrogen-bond donors (Lipinski definition) is 1. The van der Waals surface area contributed by atoms with Crippen molar-refractivity contribution in [1.82, 2.24) is 4.31 Å². The Kier molecular flexibility index (Phi) is 5.76. The topological polar surface area (TPSA) is 83.9 Å². The van der Waals surface area contributed by atoms with Crippen molar-refractivity contribution in [3.63, 3.8) is 0 Å². The quantitative estimate of drug-likeness (QED) is 0.755. The SMILES string of the molecule is CCCC1(C(=O)O)CCCN(S(=O)(=O)CCOC)C1. The fourth-order valence-corrected chi connectivity index (χ4v) is 4.10. The van der Waals surface area contributed by atoms with Gasteiger partial charge in [0.25, 0.3) is 0 Å². The maximum absolute atomic E-state index is 12.1. The lowest BCUT2D eigenvalue weighted by Gasteiger charge is -2.39. The molecular formula is C12H23NO5S. The van der Waals surface area contributed by atoms with E-state index in [1.54, 1.807) is 0 Å². The highest BCUT2D eigenvalue weighted by Crippen LogP contribution is 2.36. The Hall–Kier alpha value is -0.660. The highest BCUT2D eigenvalue weighted by molar-refractivity contribution is 7.89. The van der Waals surface area contributed by atoms with Gasteiger partial charge in [0.05, 0.1) is 17.8 Å². The van der Waals surface area contributed by atoms with Gasteiger partial charge in [-0.15, -0.1) is 0 Å². The lowest BCUT2D eigenvalue weighted by Crippen LogP contribution is -2.50. The first kappa shape index (κ1) is 16.4. The summed E-state index contributed by atoms with van der Waals surface area (Å²) >= 11 is 0. The van der Waals surface area contributed by atoms with Crippen molar-refractivity contribution in [2.75, 3.05) is 32.6 Å². The Morgan fingerprint density at radius 3 is 2.68 bits per heavy atom. The number of nitrogens with zero attached hydrogens (tertiary/aromatic N) is 1. The zero-order chi connectivity index (χ0) is 14.5. The van der Waals surface area contributed by atoms with E-state index in [-0.39, 0.29) is 18.9 Å². The number of carbonyl (C=O) groups is 1. The van der Waals surface area contributed by atoms with Crippen LogP contribution in [0.2, 0.25) is 0 Å². The molecule has 1 unspecified atom stereocenters. The van der Waals surface area contributed by atoms with Crippen molar-refractivity contribution in [2.45, 2.75) is 32.6 Å². The third kappa shape index (κ3) is 3.90. The monoisotopic (exact) mass is 293 g/mol. The van der Waals surface area contributed by atoms with Crippen molar-refractivity contribution in [3.8, 4) is 0 Å². The molecule has 1 heterocycles. The van der Waals surface area contributed by atoms with Gasteiger partial charge in [0, 0.05) is 20.2 Å². The van der Waals surface area contributed by atoms with Gasteiger partial charge in [-0.2, -0.15) is 0 Å². The number of carboxylic acids is 1. The van der Waals surface area contributed by atoms with Gasteiger partial charge in [-0.25, -0.2) is 12.7 Å². The molecule has 112 valence electrons. The highest BCUT2D eigenvalue weighted by atomic mass is 32.2. The van der Waals surface area contributed by atoms with Crippen molar-refractivity contribution in [3.05, 3.63) is 0 Å². The average Bonchev–Trinajstić information content (AvgIpc) is 2.37. The number of aliphatic carboxylic acids is 1. The van der Waals surface area contributed by atoms with Crippen molar-refractivity contribution in [1.29, 1.82) is 0 Å². The molecule has 1 atom stereocenters. The molecule has 7 heteroatoms. The molecule has 1 rings (SSSR count). The fraction of sp³-hybridized carbons (Fsp3) is 0.917. The second kappa shape index (κ2) is 6.67. The van der Waals surface area contributed by atoms with Gasteiger partial charge in [-0.05, 0) is 19.3 Å². The molecule has 0 aliphatic carbocycles. The van der Waals surface area contributed by atoms with Gasteiger partial charge in [0.1, 0.15) is 0 Å². The number of rotatable bonds is 7. The molecule has 0 aromatic carbocycles. The summed E-state index contributed by atoms with van der Waals surface area (Å²) in [5.74, 6) is -0.980. The first-order valence-electron chi connectivity index (χ1n) is 6.58. The summed E-state index contributed by atoms with van der Waals surface area (Å²) in [6.45, 7) is 2.54. The van der Waals surface area contributed by atoms with Crippen LogP contribution in [-0.2, 0) is 19.6 Å². The predicted octanol–water partition coefficient (Wildman–Crippen LogP) is 0.929. The molecule has 0 saturated carbocycles. The molecule has 6 nitrogen and oxygen atoms in total. The van der Waals surface area contributed by atoms with Crippen LogP contribution < -0.4 is 0 Å².